The van der Waals surface area contributed by atoms with Crippen LogP contribution in [-0.2, 0) is 17.9 Å². The van der Waals surface area contributed by atoms with Crippen LogP contribution in [0, 0.1) is 0 Å². The molecule has 22 heavy (non-hydrogen) atoms. The third kappa shape index (κ3) is 4.06. The number of nitrogens with zero attached hydrogens (tertiary/aromatic N) is 2. The van der Waals surface area contributed by atoms with Crippen molar-refractivity contribution in [3.05, 3.63) is 27.7 Å². The molecule has 0 saturated carbocycles. The van der Waals surface area contributed by atoms with Crippen molar-refractivity contribution in [2.24, 2.45) is 0 Å². The van der Waals surface area contributed by atoms with Crippen LogP contribution in [0.3, 0.4) is 0 Å². The van der Waals surface area contributed by atoms with Crippen molar-refractivity contribution in [1.82, 2.24) is 9.47 Å². The van der Waals surface area contributed by atoms with Gasteiger partial charge in [0.15, 0.2) is 5.75 Å². The molecule has 1 atom stereocenters. The minimum atomic E-state index is -1.04. The third-order valence-corrected chi connectivity index (χ3v) is 3.44. The van der Waals surface area contributed by atoms with E-state index in [0.717, 1.165) is 6.07 Å². The maximum Gasteiger partial charge on any atom is 0.317 e. The number of aromatic nitrogens is 1. The Hall–Kier alpha value is -1.90. The van der Waals surface area contributed by atoms with Crippen molar-refractivity contribution in [2.45, 2.75) is 32.5 Å². The van der Waals surface area contributed by atoms with Gasteiger partial charge in [-0.15, -0.1) is 0 Å². The van der Waals surface area contributed by atoms with Gasteiger partial charge in [0.25, 0.3) is 0 Å². The van der Waals surface area contributed by atoms with Crippen LogP contribution < -0.4 is 5.43 Å². The number of carboxylic acids is 1. The summed E-state index contributed by atoms with van der Waals surface area (Å²) in [7, 11) is 1.54. The first-order chi connectivity index (χ1) is 10.3. The van der Waals surface area contributed by atoms with Gasteiger partial charge in [-0.1, -0.05) is 6.92 Å². The van der Waals surface area contributed by atoms with E-state index in [1.54, 1.807) is 0 Å². The fourth-order valence-corrected chi connectivity index (χ4v) is 2.38. The van der Waals surface area contributed by atoms with Crippen LogP contribution in [0.25, 0.3) is 0 Å². The van der Waals surface area contributed by atoms with Crippen molar-refractivity contribution >= 4 is 5.97 Å². The molecule has 1 rings (SSSR count). The molecule has 0 saturated heterocycles. The highest BCUT2D eigenvalue weighted by Gasteiger charge is 2.21. The normalized spacial score (nSPS) is 12.6. The SMILES string of the molecule is CCC(CO)n1c(CO)cc(=O)c(O)c1CN(C)CC(=O)O. The van der Waals surface area contributed by atoms with Crippen LogP contribution >= 0.6 is 0 Å². The molecule has 1 aromatic rings. The zero-order valence-corrected chi connectivity index (χ0v) is 12.7. The first-order valence-corrected chi connectivity index (χ1v) is 6.93. The Morgan fingerprint density at radius 3 is 2.50 bits per heavy atom. The van der Waals surface area contributed by atoms with E-state index in [9.17, 15) is 24.9 Å². The smallest absolute Gasteiger partial charge is 0.317 e. The van der Waals surface area contributed by atoms with Crippen molar-refractivity contribution in [3.8, 4) is 5.75 Å². The van der Waals surface area contributed by atoms with Crippen LogP contribution in [0.15, 0.2) is 10.9 Å². The summed E-state index contributed by atoms with van der Waals surface area (Å²) in [6.45, 7) is 0.885. The molecule has 8 nitrogen and oxygen atoms in total. The summed E-state index contributed by atoms with van der Waals surface area (Å²) in [5.74, 6) is -1.54. The van der Waals surface area contributed by atoms with Gasteiger partial charge >= 0.3 is 5.97 Å². The maximum atomic E-state index is 11.8. The highest BCUT2D eigenvalue weighted by atomic mass is 16.4. The van der Waals surface area contributed by atoms with Gasteiger partial charge in [0.2, 0.25) is 5.43 Å². The Morgan fingerprint density at radius 2 is 2.05 bits per heavy atom. The Kier molecular flexibility index (Phi) is 6.54. The number of aliphatic carboxylic acids is 1. The van der Waals surface area contributed by atoms with Gasteiger partial charge in [-0.05, 0) is 13.5 Å². The molecule has 0 aliphatic heterocycles. The summed E-state index contributed by atoms with van der Waals surface area (Å²) in [6.07, 6.45) is 0.515. The topological polar surface area (TPSA) is 123 Å². The van der Waals surface area contributed by atoms with Gasteiger partial charge in [-0.2, -0.15) is 0 Å². The number of pyridine rings is 1. The van der Waals surface area contributed by atoms with E-state index >= 15 is 0 Å². The average Bonchev–Trinajstić information content (AvgIpc) is 2.46. The van der Waals surface area contributed by atoms with E-state index < -0.39 is 29.8 Å². The number of likely N-dealkylation sites (N-methyl/N-ethyl adjacent to an activating group) is 1. The quantitative estimate of drug-likeness (QED) is 0.510. The summed E-state index contributed by atoms with van der Waals surface area (Å²) >= 11 is 0. The zero-order chi connectivity index (χ0) is 16.9. The molecular weight excluding hydrogens is 292 g/mol. The van der Waals surface area contributed by atoms with E-state index in [1.807, 2.05) is 6.92 Å². The molecule has 0 radical (unpaired) electrons. The number of aliphatic hydroxyl groups excluding tert-OH is 2. The molecule has 0 aliphatic rings. The number of rotatable bonds is 8. The van der Waals surface area contributed by atoms with Gasteiger partial charge in [0.05, 0.1) is 31.5 Å². The van der Waals surface area contributed by atoms with E-state index in [0.29, 0.717) is 6.42 Å². The highest BCUT2D eigenvalue weighted by Crippen LogP contribution is 2.23. The van der Waals surface area contributed by atoms with E-state index in [1.165, 1.54) is 16.5 Å². The third-order valence-electron chi connectivity index (χ3n) is 3.44. The Bertz CT molecular complexity index is 579. The van der Waals surface area contributed by atoms with Crippen molar-refractivity contribution < 1.29 is 25.2 Å². The van der Waals surface area contributed by atoms with Gasteiger partial charge in [-0.25, -0.2) is 0 Å². The van der Waals surface area contributed by atoms with Crippen LogP contribution in [0.5, 0.6) is 5.75 Å². The molecule has 0 bridgehead atoms. The number of aromatic hydroxyl groups is 1. The predicted octanol–water partition coefficient (Wildman–Crippen LogP) is -0.494. The van der Waals surface area contributed by atoms with Gasteiger partial charge in [0, 0.05) is 18.3 Å². The summed E-state index contributed by atoms with van der Waals surface area (Å²) < 4.78 is 1.51. The molecule has 0 spiro atoms. The van der Waals surface area contributed by atoms with Crippen LogP contribution in [-0.4, -0.2) is 56.1 Å². The zero-order valence-electron chi connectivity index (χ0n) is 12.7. The monoisotopic (exact) mass is 314 g/mol. The van der Waals surface area contributed by atoms with Crippen LogP contribution in [0.4, 0.5) is 0 Å². The van der Waals surface area contributed by atoms with Crippen molar-refractivity contribution in [2.75, 3.05) is 20.2 Å². The number of aliphatic hydroxyl groups is 2. The Morgan fingerprint density at radius 1 is 1.41 bits per heavy atom. The summed E-state index contributed by atoms with van der Waals surface area (Å²) in [4.78, 5) is 24.0. The van der Waals surface area contributed by atoms with E-state index in [4.69, 9.17) is 5.11 Å². The lowest BCUT2D eigenvalue weighted by Crippen LogP contribution is -2.30. The number of carbonyl (C=O) groups is 1. The van der Waals surface area contributed by atoms with Crippen LogP contribution in [0.1, 0.15) is 30.8 Å². The van der Waals surface area contributed by atoms with Crippen LogP contribution in [0.2, 0.25) is 0 Å². The number of hydrogen-bond donors (Lipinski definition) is 4. The summed E-state index contributed by atoms with van der Waals surface area (Å²) in [5.41, 5.74) is -0.199. The van der Waals surface area contributed by atoms with Crippen molar-refractivity contribution in [1.29, 1.82) is 0 Å². The lowest BCUT2D eigenvalue weighted by Gasteiger charge is -2.27. The van der Waals surface area contributed by atoms with Crippen molar-refractivity contribution in [3.63, 3.8) is 0 Å². The molecule has 0 aliphatic carbocycles. The number of hydrogen-bond acceptors (Lipinski definition) is 6. The fourth-order valence-electron chi connectivity index (χ4n) is 2.38. The molecule has 0 aromatic carbocycles. The van der Waals surface area contributed by atoms with Gasteiger partial charge < -0.3 is 25.0 Å². The lowest BCUT2D eigenvalue weighted by molar-refractivity contribution is -0.138. The lowest BCUT2D eigenvalue weighted by atomic mass is 10.1. The minimum absolute atomic E-state index is 0.00227. The van der Waals surface area contributed by atoms with Gasteiger partial charge in [-0.3, -0.25) is 14.5 Å². The average molecular weight is 314 g/mol. The molecule has 1 unspecified atom stereocenters. The van der Waals surface area contributed by atoms with E-state index in [-0.39, 0.29) is 31.1 Å². The second kappa shape index (κ2) is 7.92. The molecule has 1 heterocycles. The largest absolute Gasteiger partial charge is 0.503 e. The first-order valence-electron chi connectivity index (χ1n) is 6.93. The number of carboxylic acid groups (broad SMARTS) is 1. The molecule has 0 amide bonds. The molecule has 0 fully saturated rings. The highest BCUT2D eigenvalue weighted by molar-refractivity contribution is 5.69. The molecule has 4 N–H and O–H groups in total. The molecule has 124 valence electrons. The fraction of sp³-hybridized carbons (Fsp3) is 0.571. The summed E-state index contributed by atoms with van der Waals surface area (Å²) in [5, 5.41) is 37.8. The standard InChI is InChI=1S/C14H22N2O6/c1-3-9(7-17)16-10(8-18)4-12(19)14(22)11(16)5-15(2)6-13(20)21/h4,9,17-18,22H,3,5-8H2,1-2H3,(H,20,21). The summed E-state index contributed by atoms with van der Waals surface area (Å²) in [6, 6.07) is 0.691. The predicted molar refractivity (Wildman–Crippen MR) is 78.7 cm³/mol. The Labute approximate surface area is 127 Å². The second-order valence-electron chi connectivity index (χ2n) is 5.13. The molecule has 8 heteroatoms. The minimum Gasteiger partial charge on any atom is -0.503 e. The van der Waals surface area contributed by atoms with E-state index in [2.05, 4.69) is 0 Å². The molecule has 1 aromatic heterocycles. The second-order valence-corrected chi connectivity index (χ2v) is 5.13. The molecular formula is C14H22N2O6. The van der Waals surface area contributed by atoms with Gasteiger partial charge in [0.1, 0.15) is 0 Å². The maximum absolute atomic E-state index is 11.8. The Balaban J connectivity index is 3.40. The first kappa shape index (κ1) is 18.1.